The van der Waals surface area contributed by atoms with E-state index in [0.29, 0.717) is 18.4 Å². The molecule has 14 heavy (non-hydrogen) atoms. The van der Waals surface area contributed by atoms with E-state index in [-0.39, 0.29) is 11.3 Å². The predicted octanol–water partition coefficient (Wildman–Crippen LogP) is 1.43. The first-order valence-electron chi connectivity index (χ1n) is 4.13. The Hall–Kier alpha value is -1.91. The van der Waals surface area contributed by atoms with Crippen molar-refractivity contribution in [1.82, 2.24) is 0 Å². The van der Waals surface area contributed by atoms with Crippen LogP contribution in [0.1, 0.15) is 22.3 Å². The number of phenols is 1. The topological polar surface area (TPSA) is 80.4 Å². The van der Waals surface area contributed by atoms with Gasteiger partial charge in [0.05, 0.1) is 10.5 Å². The number of benzene rings is 1. The molecule has 0 heterocycles. The Kier molecular flexibility index (Phi) is 1.73. The van der Waals surface area contributed by atoms with Crippen molar-refractivity contribution < 1.29 is 14.8 Å². The van der Waals surface area contributed by atoms with E-state index < -0.39 is 16.4 Å². The van der Waals surface area contributed by atoms with Gasteiger partial charge in [-0.2, -0.15) is 0 Å². The zero-order valence-corrected chi connectivity index (χ0v) is 7.19. The van der Waals surface area contributed by atoms with Crippen LogP contribution in [0, 0.1) is 10.1 Å². The van der Waals surface area contributed by atoms with E-state index in [1.54, 1.807) is 0 Å². The Morgan fingerprint density at radius 2 is 2.07 bits per heavy atom. The maximum absolute atomic E-state index is 11.3. The summed E-state index contributed by atoms with van der Waals surface area (Å²) in [5.74, 6) is -0.712. The molecule has 0 unspecified atom stereocenters. The van der Waals surface area contributed by atoms with Gasteiger partial charge in [0, 0.05) is 12.5 Å². The first-order chi connectivity index (χ1) is 6.61. The van der Waals surface area contributed by atoms with Gasteiger partial charge in [-0.05, 0) is 12.0 Å². The molecule has 72 valence electrons. The lowest BCUT2D eigenvalue weighted by atomic mass is 10.1. The smallest absolute Gasteiger partial charge is 0.311 e. The van der Waals surface area contributed by atoms with E-state index in [0.717, 1.165) is 0 Å². The van der Waals surface area contributed by atoms with Gasteiger partial charge in [0.1, 0.15) is 0 Å². The molecule has 2 rings (SSSR count). The maximum Gasteiger partial charge on any atom is 0.311 e. The third-order valence-corrected chi connectivity index (χ3v) is 2.34. The molecule has 0 aliphatic heterocycles. The molecule has 5 heteroatoms. The normalized spacial score (nSPS) is 14.1. The van der Waals surface area contributed by atoms with Gasteiger partial charge in [-0.3, -0.25) is 14.9 Å². The second-order valence-corrected chi connectivity index (χ2v) is 3.15. The van der Waals surface area contributed by atoms with E-state index in [1.165, 1.54) is 12.1 Å². The van der Waals surface area contributed by atoms with E-state index in [9.17, 15) is 20.0 Å². The lowest BCUT2D eigenvalue weighted by Crippen LogP contribution is -1.96. The van der Waals surface area contributed by atoms with Crippen LogP contribution in [0.3, 0.4) is 0 Å². The molecule has 0 saturated carbocycles. The number of carbonyl (C=O) groups is 1. The largest absolute Gasteiger partial charge is 0.502 e. The fourth-order valence-corrected chi connectivity index (χ4v) is 1.66. The summed E-state index contributed by atoms with van der Waals surface area (Å²) < 4.78 is 0. The van der Waals surface area contributed by atoms with Crippen molar-refractivity contribution >= 4 is 11.5 Å². The molecular formula is C9H7NO4. The highest BCUT2D eigenvalue weighted by Crippen LogP contribution is 2.36. The van der Waals surface area contributed by atoms with Gasteiger partial charge in [0.25, 0.3) is 0 Å². The average molecular weight is 193 g/mol. The number of hydrogen-bond donors (Lipinski definition) is 1. The second-order valence-electron chi connectivity index (χ2n) is 3.15. The van der Waals surface area contributed by atoms with Gasteiger partial charge in [0.2, 0.25) is 5.75 Å². The monoisotopic (exact) mass is 193 g/mol. The molecule has 0 atom stereocenters. The van der Waals surface area contributed by atoms with Gasteiger partial charge in [-0.25, -0.2) is 0 Å². The number of rotatable bonds is 1. The van der Waals surface area contributed by atoms with Crippen LogP contribution in [0.25, 0.3) is 0 Å². The number of phenolic OH excluding ortho intramolecular Hbond substituents is 1. The number of aryl methyl sites for hydroxylation is 1. The van der Waals surface area contributed by atoms with Crippen molar-refractivity contribution in [2.45, 2.75) is 12.8 Å². The molecule has 0 spiro atoms. The fraction of sp³-hybridized carbons (Fsp3) is 0.222. The Morgan fingerprint density at radius 3 is 2.71 bits per heavy atom. The molecule has 5 nitrogen and oxygen atoms in total. The van der Waals surface area contributed by atoms with Crippen molar-refractivity contribution in [3.05, 3.63) is 33.4 Å². The van der Waals surface area contributed by atoms with Crippen molar-refractivity contribution in [3.8, 4) is 5.75 Å². The Labute approximate surface area is 79.1 Å². The summed E-state index contributed by atoms with van der Waals surface area (Å²) >= 11 is 0. The van der Waals surface area contributed by atoms with E-state index in [1.807, 2.05) is 0 Å². The molecular weight excluding hydrogens is 186 g/mol. The number of Topliss-reactive ketones (excluding diaryl/α,β-unsaturated/α-hetero) is 1. The number of aromatic hydroxyl groups is 1. The molecule has 1 aliphatic carbocycles. The Balaban J connectivity index is 2.67. The number of fused-ring (bicyclic) bond motifs is 1. The van der Waals surface area contributed by atoms with E-state index in [2.05, 4.69) is 0 Å². The average Bonchev–Trinajstić information content (AvgIpc) is 2.48. The van der Waals surface area contributed by atoms with Gasteiger partial charge >= 0.3 is 5.69 Å². The first-order valence-corrected chi connectivity index (χ1v) is 4.13. The molecule has 1 N–H and O–H groups in total. The third-order valence-electron chi connectivity index (χ3n) is 2.34. The molecule has 0 saturated heterocycles. The predicted molar refractivity (Wildman–Crippen MR) is 47.4 cm³/mol. The quantitative estimate of drug-likeness (QED) is 0.540. The lowest BCUT2D eigenvalue weighted by molar-refractivity contribution is -0.385. The molecule has 0 amide bonds. The Bertz CT molecular complexity index is 439. The van der Waals surface area contributed by atoms with Crippen LogP contribution in [0.15, 0.2) is 12.1 Å². The second kappa shape index (κ2) is 2.80. The number of ketones is 1. The van der Waals surface area contributed by atoms with E-state index >= 15 is 0 Å². The zero-order chi connectivity index (χ0) is 10.3. The van der Waals surface area contributed by atoms with Crippen LogP contribution in [-0.4, -0.2) is 15.8 Å². The molecule has 1 aliphatic rings. The highest BCUT2D eigenvalue weighted by molar-refractivity contribution is 6.03. The van der Waals surface area contributed by atoms with Gasteiger partial charge in [-0.15, -0.1) is 0 Å². The molecule has 1 aromatic carbocycles. The minimum absolute atomic E-state index is 0.124. The first kappa shape index (κ1) is 8.68. The van der Waals surface area contributed by atoms with Gasteiger partial charge in [0.15, 0.2) is 5.78 Å². The van der Waals surface area contributed by atoms with Crippen LogP contribution in [0.4, 0.5) is 5.69 Å². The number of carbonyl (C=O) groups excluding carboxylic acids is 1. The fourth-order valence-electron chi connectivity index (χ4n) is 1.66. The summed E-state index contributed by atoms with van der Waals surface area (Å²) in [6.07, 6.45) is 0.879. The molecule has 0 fully saturated rings. The highest BCUT2D eigenvalue weighted by Gasteiger charge is 2.28. The standard InChI is InChI=1S/C9H7NO4/c11-7-4-2-5-1-3-6(10(13)14)9(12)8(5)7/h1,3,12H,2,4H2. The van der Waals surface area contributed by atoms with Crippen LogP contribution in [0.2, 0.25) is 0 Å². The minimum atomic E-state index is -0.693. The summed E-state index contributed by atoms with van der Waals surface area (Å²) in [5, 5.41) is 20.0. The highest BCUT2D eigenvalue weighted by atomic mass is 16.6. The van der Waals surface area contributed by atoms with Crippen LogP contribution >= 0.6 is 0 Å². The number of nitro benzene ring substituents is 1. The van der Waals surface area contributed by atoms with E-state index in [4.69, 9.17) is 0 Å². The number of hydrogen-bond acceptors (Lipinski definition) is 4. The zero-order valence-electron chi connectivity index (χ0n) is 7.19. The summed E-state index contributed by atoms with van der Waals surface area (Å²) in [7, 11) is 0. The van der Waals surface area contributed by atoms with Gasteiger partial charge < -0.3 is 5.11 Å². The van der Waals surface area contributed by atoms with Crippen LogP contribution < -0.4 is 0 Å². The summed E-state index contributed by atoms with van der Waals surface area (Å²) in [6, 6.07) is 2.75. The van der Waals surface area contributed by atoms with Gasteiger partial charge in [-0.1, -0.05) is 6.07 Å². The molecule has 0 aromatic heterocycles. The van der Waals surface area contributed by atoms with Crippen molar-refractivity contribution in [2.75, 3.05) is 0 Å². The summed E-state index contributed by atoms with van der Waals surface area (Å²) in [5.41, 5.74) is 0.413. The summed E-state index contributed by atoms with van der Waals surface area (Å²) in [6.45, 7) is 0. The lowest BCUT2D eigenvalue weighted by Gasteiger charge is -2.01. The van der Waals surface area contributed by atoms with Crippen LogP contribution in [-0.2, 0) is 6.42 Å². The third kappa shape index (κ3) is 1.06. The number of nitro groups is 1. The van der Waals surface area contributed by atoms with Crippen molar-refractivity contribution in [3.63, 3.8) is 0 Å². The summed E-state index contributed by atoms with van der Waals surface area (Å²) in [4.78, 5) is 21.0. The van der Waals surface area contributed by atoms with Crippen molar-refractivity contribution in [1.29, 1.82) is 0 Å². The molecule has 0 bridgehead atoms. The maximum atomic E-state index is 11.3. The molecule has 1 aromatic rings. The van der Waals surface area contributed by atoms with Crippen LogP contribution in [0.5, 0.6) is 5.75 Å². The van der Waals surface area contributed by atoms with Crippen molar-refractivity contribution in [2.24, 2.45) is 0 Å². The Morgan fingerprint density at radius 1 is 1.36 bits per heavy atom. The molecule has 0 radical (unpaired) electrons. The SMILES string of the molecule is O=C1CCc2ccc([N+](=O)[O-])c(O)c21. The minimum Gasteiger partial charge on any atom is -0.502 e. The number of nitrogens with zero attached hydrogens (tertiary/aromatic N) is 1.